The minimum absolute atomic E-state index is 0.0816. The van der Waals surface area contributed by atoms with Crippen molar-refractivity contribution < 1.29 is 4.39 Å². The monoisotopic (exact) mass is 317 g/mol. The number of halogens is 1. The minimum Gasteiger partial charge on any atom is -0.299 e. The van der Waals surface area contributed by atoms with Gasteiger partial charge in [0.1, 0.15) is 5.82 Å². The van der Waals surface area contributed by atoms with Gasteiger partial charge >= 0.3 is 0 Å². The zero-order valence-corrected chi connectivity index (χ0v) is 13.8. The molecule has 0 unspecified atom stereocenters. The first-order valence-corrected chi connectivity index (χ1v) is 8.46. The molecule has 2 aromatic rings. The SMILES string of the molecule is CC(C)N1CCCC[C@@H]1CCn1cnc2cc(F)ccc2c1=O. The molecular weight excluding hydrogens is 293 g/mol. The van der Waals surface area contributed by atoms with Crippen molar-refractivity contribution in [2.45, 2.75) is 58.2 Å². The van der Waals surface area contributed by atoms with E-state index in [2.05, 4.69) is 23.7 Å². The van der Waals surface area contributed by atoms with Crippen molar-refractivity contribution in [2.24, 2.45) is 0 Å². The van der Waals surface area contributed by atoms with E-state index < -0.39 is 0 Å². The third-order valence-corrected chi connectivity index (χ3v) is 4.83. The summed E-state index contributed by atoms with van der Waals surface area (Å²) in [5, 5.41) is 0.484. The Hall–Kier alpha value is -1.75. The molecule has 0 amide bonds. The number of rotatable bonds is 4. The smallest absolute Gasteiger partial charge is 0.261 e. The van der Waals surface area contributed by atoms with E-state index in [4.69, 9.17) is 0 Å². The van der Waals surface area contributed by atoms with Gasteiger partial charge in [-0.1, -0.05) is 6.42 Å². The molecule has 0 radical (unpaired) electrons. The highest BCUT2D eigenvalue weighted by Gasteiger charge is 2.24. The molecule has 1 fully saturated rings. The van der Waals surface area contributed by atoms with Crippen LogP contribution in [0.25, 0.3) is 10.9 Å². The van der Waals surface area contributed by atoms with Gasteiger partial charge in [0.2, 0.25) is 0 Å². The Labute approximate surface area is 135 Å². The van der Waals surface area contributed by atoms with Crippen LogP contribution in [0.15, 0.2) is 29.3 Å². The van der Waals surface area contributed by atoms with Crippen molar-refractivity contribution in [3.8, 4) is 0 Å². The standard InChI is InChI=1S/C18H24FN3O/c1-13(2)22-9-4-3-5-15(22)8-10-21-12-20-17-11-14(19)6-7-16(17)18(21)23/h6-7,11-13,15H,3-5,8-10H2,1-2H3/t15-/m1/s1. The molecule has 0 saturated carbocycles. The summed E-state index contributed by atoms with van der Waals surface area (Å²) in [6.45, 7) is 6.27. The Morgan fingerprint density at radius 2 is 2.17 bits per heavy atom. The minimum atomic E-state index is -0.364. The molecule has 124 valence electrons. The van der Waals surface area contributed by atoms with Crippen LogP contribution in [0, 0.1) is 5.82 Å². The fourth-order valence-electron chi connectivity index (χ4n) is 3.59. The lowest BCUT2D eigenvalue weighted by Gasteiger charge is -2.38. The first-order valence-electron chi connectivity index (χ1n) is 8.46. The van der Waals surface area contributed by atoms with Crippen LogP contribution in [0.1, 0.15) is 39.5 Å². The second-order valence-electron chi connectivity index (χ2n) is 6.67. The molecule has 0 bridgehead atoms. The zero-order valence-electron chi connectivity index (χ0n) is 13.8. The molecule has 23 heavy (non-hydrogen) atoms. The van der Waals surface area contributed by atoms with E-state index in [0.29, 0.717) is 29.5 Å². The number of hydrogen-bond donors (Lipinski definition) is 0. The fourth-order valence-corrected chi connectivity index (χ4v) is 3.59. The van der Waals surface area contributed by atoms with Crippen LogP contribution < -0.4 is 5.56 Å². The van der Waals surface area contributed by atoms with Gasteiger partial charge in [-0.05, 0) is 51.8 Å². The molecule has 3 rings (SSSR count). The average molecular weight is 317 g/mol. The highest BCUT2D eigenvalue weighted by atomic mass is 19.1. The van der Waals surface area contributed by atoms with Gasteiger partial charge in [-0.15, -0.1) is 0 Å². The van der Waals surface area contributed by atoms with Gasteiger partial charge in [-0.2, -0.15) is 0 Å². The molecule has 5 heteroatoms. The van der Waals surface area contributed by atoms with Crippen LogP contribution >= 0.6 is 0 Å². The molecule has 1 saturated heterocycles. The Balaban J connectivity index is 1.78. The van der Waals surface area contributed by atoms with E-state index in [0.717, 1.165) is 13.0 Å². The molecule has 4 nitrogen and oxygen atoms in total. The number of benzene rings is 1. The van der Waals surface area contributed by atoms with Gasteiger partial charge in [-0.25, -0.2) is 9.37 Å². The van der Waals surface area contributed by atoms with Crippen molar-refractivity contribution >= 4 is 10.9 Å². The summed E-state index contributed by atoms with van der Waals surface area (Å²) in [5.74, 6) is -0.364. The van der Waals surface area contributed by atoms with Crippen molar-refractivity contribution in [1.82, 2.24) is 14.5 Å². The molecule has 1 aliphatic heterocycles. The Kier molecular flexibility index (Phi) is 4.76. The molecule has 1 atom stereocenters. The Morgan fingerprint density at radius 1 is 1.35 bits per heavy atom. The lowest BCUT2D eigenvalue weighted by atomic mass is 9.97. The summed E-state index contributed by atoms with van der Waals surface area (Å²) in [4.78, 5) is 19.3. The predicted molar refractivity (Wildman–Crippen MR) is 90.1 cm³/mol. The fraction of sp³-hybridized carbons (Fsp3) is 0.556. The summed E-state index contributed by atoms with van der Waals surface area (Å²) in [5.41, 5.74) is 0.342. The van der Waals surface area contributed by atoms with E-state index >= 15 is 0 Å². The number of hydrogen-bond acceptors (Lipinski definition) is 3. The highest BCUT2D eigenvalue weighted by molar-refractivity contribution is 5.77. The van der Waals surface area contributed by atoms with Gasteiger partial charge in [0.15, 0.2) is 0 Å². The average Bonchev–Trinajstić information content (AvgIpc) is 2.54. The van der Waals surface area contributed by atoms with Gasteiger partial charge in [-0.3, -0.25) is 14.3 Å². The van der Waals surface area contributed by atoms with Crippen LogP contribution in [0.3, 0.4) is 0 Å². The molecule has 0 spiro atoms. The van der Waals surface area contributed by atoms with E-state index in [1.165, 1.54) is 37.5 Å². The van der Waals surface area contributed by atoms with Crippen LogP contribution in [-0.4, -0.2) is 33.1 Å². The number of fused-ring (bicyclic) bond motifs is 1. The summed E-state index contributed by atoms with van der Waals surface area (Å²) < 4.78 is 14.9. The molecule has 1 aromatic carbocycles. The summed E-state index contributed by atoms with van der Waals surface area (Å²) in [6, 6.07) is 5.21. The van der Waals surface area contributed by atoms with Crippen molar-refractivity contribution in [3.63, 3.8) is 0 Å². The molecule has 0 aliphatic carbocycles. The van der Waals surface area contributed by atoms with Crippen LogP contribution in [0.5, 0.6) is 0 Å². The first kappa shape index (κ1) is 16.1. The third kappa shape index (κ3) is 3.44. The number of likely N-dealkylation sites (tertiary alicyclic amines) is 1. The van der Waals surface area contributed by atoms with Crippen molar-refractivity contribution in [3.05, 3.63) is 40.7 Å². The quantitative estimate of drug-likeness (QED) is 0.869. The number of aromatic nitrogens is 2. The van der Waals surface area contributed by atoms with Crippen molar-refractivity contribution in [2.75, 3.05) is 6.54 Å². The third-order valence-electron chi connectivity index (χ3n) is 4.83. The van der Waals surface area contributed by atoms with Gasteiger partial charge in [0, 0.05) is 24.7 Å². The van der Waals surface area contributed by atoms with Crippen LogP contribution in [-0.2, 0) is 6.54 Å². The topological polar surface area (TPSA) is 38.1 Å². The Bertz CT molecular complexity index is 741. The summed E-state index contributed by atoms with van der Waals surface area (Å²) in [7, 11) is 0. The van der Waals surface area contributed by atoms with Gasteiger partial charge in [0.05, 0.1) is 17.2 Å². The van der Waals surface area contributed by atoms with E-state index in [1.54, 1.807) is 10.9 Å². The number of aryl methyl sites for hydroxylation is 1. The maximum atomic E-state index is 13.2. The molecule has 2 heterocycles. The molecule has 1 aromatic heterocycles. The normalized spacial score (nSPS) is 19.6. The highest BCUT2D eigenvalue weighted by Crippen LogP contribution is 2.22. The zero-order chi connectivity index (χ0) is 16.4. The van der Waals surface area contributed by atoms with Crippen molar-refractivity contribution in [1.29, 1.82) is 0 Å². The van der Waals surface area contributed by atoms with Crippen LogP contribution in [0.4, 0.5) is 4.39 Å². The van der Waals surface area contributed by atoms with Gasteiger partial charge < -0.3 is 0 Å². The summed E-state index contributed by atoms with van der Waals surface area (Å²) in [6.07, 6.45) is 6.22. The molecule has 0 N–H and O–H groups in total. The largest absolute Gasteiger partial charge is 0.299 e. The second kappa shape index (κ2) is 6.79. The predicted octanol–water partition coefficient (Wildman–Crippen LogP) is 3.19. The van der Waals surface area contributed by atoms with Crippen LogP contribution in [0.2, 0.25) is 0 Å². The molecule has 1 aliphatic rings. The first-order chi connectivity index (χ1) is 11.1. The maximum Gasteiger partial charge on any atom is 0.261 e. The maximum absolute atomic E-state index is 13.2. The molecular formula is C18H24FN3O. The number of piperidine rings is 1. The van der Waals surface area contributed by atoms with E-state index in [9.17, 15) is 9.18 Å². The lowest BCUT2D eigenvalue weighted by Crippen LogP contribution is -2.44. The number of nitrogens with zero attached hydrogens (tertiary/aromatic N) is 3. The van der Waals surface area contributed by atoms with Gasteiger partial charge in [0.25, 0.3) is 5.56 Å². The summed E-state index contributed by atoms with van der Waals surface area (Å²) >= 11 is 0. The Morgan fingerprint density at radius 3 is 2.96 bits per heavy atom. The lowest BCUT2D eigenvalue weighted by molar-refractivity contribution is 0.102. The van der Waals surface area contributed by atoms with E-state index in [1.807, 2.05) is 0 Å². The second-order valence-corrected chi connectivity index (χ2v) is 6.67. The van der Waals surface area contributed by atoms with E-state index in [-0.39, 0.29) is 11.4 Å².